The number of benzene rings is 1. The highest BCUT2D eigenvalue weighted by Gasteiger charge is 2.29. The van der Waals surface area contributed by atoms with Crippen LogP contribution in [0.3, 0.4) is 0 Å². The molecule has 0 bridgehead atoms. The molecule has 4 heteroatoms. The molecule has 20 heavy (non-hydrogen) atoms. The van der Waals surface area contributed by atoms with Crippen molar-refractivity contribution in [3.8, 4) is 0 Å². The van der Waals surface area contributed by atoms with Gasteiger partial charge in [-0.3, -0.25) is 0 Å². The first-order chi connectivity index (χ1) is 9.58. The standard InChI is InChI=1S/C16H22BrClFN/c1-3-10-4-6-11(7-5-10)16(20-2)12-8-9-13(17)14(18)15(12)19/h8-11,16,20H,3-7H2,1-2H3. The Hall–Kier alpha value is -0.120. The van der Waals surface area contributed by atoms with Gasteiger partial charge in [-0.25, -0.2) is 4.39 Å². The summed E-state index contributed by atoms with van der Waals surface area (Å²) >= 11 is 9.29. The van der Waals surface area contributed by atoms with Crippen molar-refractivity contribution in [1.82, 2.24) is 5.32 Å². The summed E-state index contributed by atoms with van der Waals surface area (Å²) in [6, 6.07) is 3.74. The van der Waals surface area contributed by atoms with Gasteiger partial charge >= 0.3 is 0 Å². The molecule has 0 radical (unpaired) electrons. The Labute approximate surface area is 134 Å². The van der Waals surface area contributed by atoms with Gasteiger partial charge in [0.15, 0.2) is 0 Å². The third kappa shape index (κ3) is 3.37. The molecule has 2 rings (SSSR count). The lowest BCUT2D eigenvalue weighted by atomic mass is 9.76. The lowest BCUT2D eigenvalue weighted by molar-refractivity contribution is 0.221. The molecule has 0 amide bonds. The van der Waals surface area contributed by atoms with Crippen molar-refractivity contribution in [3.05, 3.63) is 33.0 Å². The zero-order valence-electron chi connectivity index (χ0n) is 12.1. The van der Waals surface area contributed by atoms with E-state index in [0.29, 0.717) is 16.0 Å². The summed E-state index contributed by atoms with van der Waals surface area (Å²) in [6.07, 6.45) is 6.10. The van der Waals surface area contributed by atoms with E-state index in [2.05, 4.69) is 28.2 Å². The molecule has 1 fully saturated rings. The second kappa shape index (κ2) is 7.24. The third-order valence-electron chi connectivity index (χ3n) is 4.65. The lowest BCUT2D eigenvalue weighted by Crippen LogP contribution is -2.29. The Balaban J connectivity index is 2.19. The molecule has 0 heterocycles. The van der Waals surface area contributed by atoms with Crippen LogP contribution in [0.15, 0.2) is 16.6 Å². The van der Waals surface area contributed by atoms with Crippen molar-refractivity contribution in [1.29, 1.82) is 0 Å². The molecule has 0 spiro atoms. The van der Waals surface area contributed by atoms with Crippen LogP contribution in [0.25, 0.3) is 0 Å². The SMILES string of the molecule is CCC1CCC(C(NC)c2ccc(Br)c(Cl)c2F)CC1. The molecule has 1 aliphatic rings. The predicted molar refractivity (Wildman–Crippen MR) is 86.6 cm³/mol. The van der Waals surface area contributed by atoms with E-state index in [1.54, 1.807) is 0 Å². The summed E-state index contributed by atoms with van der Waals surface area (Å²) in [5.41, 5.74) is 0.695. The van der Waals surface area contributed by atoms with E-state index in [9.17, 15) is 4.39 Å². The van der Waals surface area contributed by atoms with Crippen LogP contribution in [0.1, 0.15) is 50.6 Å². The average molecular weight is 363 g/mol. The maximum atomic E-state index is 14.4. The van der Waals surface area contributed by atoms with Crippen molar-refractivity contribution in [3.63, 3.8) is 0 Å². The number of hydrogen-bond donors (Lipinski definition) is 1. The van der Waals surface area contributed by atoms with Crippen LogP contribution in [0.5, 0.6) is 0 Å². The van der Waals surface area contributed by atoms with Crippen LogP contribution in [0, 0.1) is 17.7 Å². The summed E-state index contributed by atoms with van der Waals surface area (Å²) in [5.74, 6) is 1.05. The van der Waals surface area contributed by atoms with E-state index < -0.39 is 0 Å². The Bertz CT molecular complexity index is 458. The zero-order valence-corrected chi connectivity index (χ0v) is 14.4. The molecule has 1 N–H and O–H groups in total. The van der Waals surface area contributed by atoms with Crippen LogP contribution in [0.4, 0.5) is 4.39 Å². The monoisotopic (exact) mass is 361 g/mol. The lowest BCUT2D eigenvalue weighted by Gasteiger charge is -2.34. The van der Waals surface area contributed by atoms with Gasteiger partial charge in [0.1, 0.15) is 5.82 Å². The maximum absolute atomic E-state index is 14.4. The van der Waals surface area contributed by atoms with Crippen LogP contribution in [-0.2, 0) is 0 Å². The van der Waals surface area contributed by atoms with E-state index in [0.717, 1.165) is 18.8 Å². The van der Waals surface area contributed by atoms with E-state index in [1.807, 2.05) is 19.2 Å². The van der Waals surface area contributed by atoms with Gasteiger partial charge in [-0.2, -0.15) is 0 Å². The second-order valence-corrected chi connectivity index (χ2v) is 6.95. The molecule has 0 aliphatic heterocycles. The van der Waals surface area contributed by atoms with E-state index >= 15 is 0 Å². The van der Waals surface area contributed by atoms with Crippen LogP contribution < -0.4 is 5.32 Å². The first-order valence-electron chi connectivity index (χ1n) is 7.39. The Morgan fingerprint density at radius 2 is 2.00 bits per heavy atom. The minimum absolute atomic E-state index is 0.0541. The van der Waals surface area contributed by atoms with Crippen LogP contribution in [-0.4, -0.2) is 7.05 Å². The summed E-state index contributed by atoms with van der Waals surface area (Å²) in [7, 11) is 1.91. The van der Waals surface area contributed by atoms with Crippen molar-refractivity contribution in [2.75, 3.05) is 7.05 Å². The quantitative estimate of drug-likeness (QED) is 0.676. The molecule has 1 saturated carbocycles. The summed E-state index contributed by atoms with van der Waals surface area (Å²) in [5, 5.41) is 3.48. The van der Waals surface area contributed by atoms with E-state index in [1.165, 1.54) is 19.3 Å². The van der Waals surface area contributed by atoms with Crippen LogP contribution in [0.2, 0.25) is 5.02 Å². The van der Waals surface area contributed by atoms with E-state index in [4.69, 9.17) is 11.6 Å². The Morgan fingerprint density at radius 1 is 1.35 bits per heavy atom. The molecule has 1 aromatic rings. The van der Waals surface area contributed by atoms with Crippen molar-refractivity contribution in [2.24, 2.45) is 11.8 Å². The fraction of sp³-hybridized carbons (Fsp3) is 0.625. The number of hydrogen-bond acceptors (Lipinski definition) is 1. The molecular weight excluding hydrogens is 341 g/mol. The highest BCUT2D eigenvalue weighted by Crippen LogP contribution is 2.40. The normalized spacial score (nSPS) is 24.6. The van der Waals surface area contributed by atoms with Crippen LogP contribution >= 0.6 is 27.5 Å². The Kier molecular flexibility index (Phi) is 5.88. The molecule has 1 nitrogen and oxygen atoms in total. The van der Waals surface area contributed by atoms with Gasteiger partial charge in [-0.15, -0.1) is 0 Å². The van der Waals surface area contributed by atoms with Crippen molar-refractivity contribution < 1.29 is 4.39 Å². The molecule has 0 aromatic heterocycles. The summed E-state index contributed by atoms with van der Waals surface area (Å²) < 4.78 is 15.0. The smallest absolute Gasteiger partial charge is 0.147 e. The van der Waals surface area contributed by atoms with Gasteiger partial charge in [0.25, 0.3) is 0 Å². The minimum Gasteiger partial charge on any atom is -0.313 e. The number of rotatable bonds is 4. The summed E-state index contributed by atoms with van der Waals surface area (Å²) in [6.45, 7) is 2.26. The molecule has 1 aliphatic carbocycles. The largest absolute Gasteiger partial charge is 0.313 e. The molecule has 0 saturated heterocycles. The topological polar surface area (TPSA) is 12.0 Å². The van der Waals surface area contributed by atoms with Gasteiger partial charge in [0, 0.05) is 16.1 Å². The molecule has 112 valence electrons. The van der Waals surface area contributed by atoms with Crippen molar-refractivity contribution in [2.45, 2.75) is 45.1 Å². The molecule has 1 atom stereocenters. The van der Waals surface area contributed by atoms with Gasteiger partial charge < -0.3 is 5.32 Å². The van der Waals surface area contributed by atoms with Gasteiger partial charge in [0.05, 0.1) is 5.02 Å². The first-order valence-corrected chi connectivity index (χ1v) is 8.56. The number of halogens is 3. The zero-order chi connectivity index (χ0) is 14.7. The fourth-order valence-electron chi connectivity index (χ4n) is 3.36. The highest BCUT2D eigenvalue weighted by atomic mass is 79.9. The summed E-state index contributed by atoms with van der Waals surface area (Å²) in [4.78, 5) is 0. The molecule has 1 aromatic carbocycles. The van der Waals surface area contributed by atoms with Gasteiger partial charge in [-0.1, -0.05) is 43.9 Å². The molecule has 1 unspecified atom stereocenters. The highest BCUT2D eigenvalue weighted by molar-refractivity contribution is 9.10. The number of nitrogens with one attached hydrogen (secondary N) is 1. The predicted octanol–water partition coefficient (Wildman–Crippen LogP) is 5.72. The second-order valence-electron chi connectivity index (χ2n) is 5.72. The fourth-order valence-corrected chi connectivity index (χ4v) is 3.83. The maximum Gasteiger partial charge on any atom is 0.147 e. The average Bonchev–Trinajstić information content (AvgIpc) is 2.48. The first kappa shape index (κ1) is 16.3. The minimum atomic E-state index is -0.294. The Morgan fingerprint density at radius 3 is 2.55 bits per heavy atom. The third-order valence-corrected chi connectivity index (χ3v) is 5.91. The van der Waals surface area contributed by atoms with Gasteiger partial charge in [-0.05, 0) is 53.7 Å². The molecular formula is C16H22BrClFN. The van der Waals surface area contributed by atoms with Gasteiger partial charge in [0.2, 0.25) is 0 Å². The van der Waals surface area contributed by atoms with E-state index in [-0.39, 0.29) is 16.9 Å². The van der Waals surface area contributed by atoms with Crippen molar-refractivity contribution >= 4 is 27.5 Å².